The molecule has 0 rings (SSSR count). The van der Waals surface area contributed by atoms with E-state index in [4.69, 9.17) is 5.11 Å². The van der Waals surface area contributed by atoms with Crippen LogP contribution in [0.15, 0.2) is 0 Å². The molecule has 0 saturated carbocycles. The highest BCUT2D eigenvalue weighted by atomic mass is 32.2. The molecule has 7 nitrogen and oxygen atoms in total. The first kappa shape index (κ1) is 16.7. The van der Waals surface area contributed by atoms with E-state index in [0.717, 1.165) is 6.26 Å². The summed E-state index contributed by atoms with van der Waals surface area (Å²) in [5.74, 6) is -0.994. The van der Waals surface area contributed by atoms with Gasteiger partial charge in [0.15, 0.2) is 9.84 Å². The van der Waals surface area contributed by atoms with Crippen LogP contribution in [0.25, 0.3) is 0 Å². The SMILES string of the molecule is CN(CCC(=O)O)C(=O)NCC(C)(C)S(C)(=O)=O. The fourth-order valence-electron chi connectivity index (χ4n) is 0.919. The summed E-state index contributed by atoms with van der Waals surface area (Å²) in [6, 6.07) is -0.493. The van der Waals surface area contributed by atoms with Crippen LogP contribution in [-0.2, 0) is 14.6 Å². The van der Waals surface area contributed by atoms with Crippen LogP contribution in [0.4, 0.5) is 4.79 Å². The van der Waals surface area contributed by atoms with Crippen molar-refractivity contribution in [3.8, 4) is 0 Å². The predicted octanol–water partition coefficient (Wildman–Crippen LogP) is -0.0743. The summed E-state index contributed by atoms with van der Waals surface area (Å²) >= 11 is 0. The molecule has 0 fully saturated rings. The first-order valence-corrected chi connectivity index (χ1v) is 7.27. The average molecular weight is 280 g/mol. The largest absolute Gasteiger partial charge is 0.481 e. The molecular formula is C10H20N2O5S. The molecule has 0 aliphatic rings. The van der Waals surface area contributed by atoms with Crippen molar-refractivity contribution in [3.05, 3.63) is 0 Å². The van der Waals surface area contributed by atoms with Crippen LogP contribution in [0.2, 0.25) is 0 Å². The maximum absolute atomic E-state index is 11.6. The number of hydrogen-bond acceptors (Lipinski definition) is 4. The number of amides is 2. The van der Waals surface area contributed by atoms with Gasteiger partial charge >= 0.3 is 12.0 Å². The van der Waals surface area contributed by atoms with Gasteiger partial charge in [-0.25, -0.2) is 13.2 Å². The Kier molecular flexibility index (Phi) is 5.59. The van der Waals surface area contributed by atoms with Crippen molar-refractivity contribution < 1.29 is 23.1 Å². The molecular weight excluding hydrogens is 260 g/mol. The fraction of sp³-hybridized carbons (Fsp3) is 0.800. The third-order valence-electron chi connectivity index (χ3n) is 2.68. The molecule has 0 aromatic carbocycles. The summed E-state index contributed by atoms with van der Waals surface area (Å²) < 4.78 is 21.8. The molecule has 0 atom stereocenters. The summed E-state index contributed by atoms with van der Waals surface area (Å²) in [4.78, 5) is 23.1. The van der Waals surface area contributed by atoms with Crippen LogP contribution in [0, 0.1) is 0 Å². The highest BCUT2D eigenvalue weighted by molar-refractivity contribution is 7.92. The maximum Gasteiger partial charge on any atom is 0.317 e. The second-order valence-corrected chi connectivity index (χ2v) is 7.41. The van der Waals surface area contributed by atoms with E-state index >= 15 is 0 Å². The number of carboxylic acid groups (broad SMARTS) is 1. The van der Waals surface area contributed by atoms with Gasteiger partial charge in [0.1, 0.15) is 0 Å². The molecule has 2 amide bonds. The quantitative estimate of drug-likeness (QED) is 0.708. The van der Waals surface area contributed by atoms with Gasteiger partial charge in [0.25, 0.3) is 0 Å². The average Bonchev–Trinajstić information content (AvgIpc) is 2.20. The van der Waals surface area contributed by atoms with Crippen LogP contribution >= 0.6 is 0 Å². The van der Waals surface area contributed by atoms with Crippen molar-refractivity contribution in [2.45, 2.75) is 25.0 Å². The Bertz CT molecular complexity index is 416. The van der Waals surface area contributed by atoms with E-state index in [1.165, 1.54) is 25.8 Å². The van der Waals surface area contributed by atoms with Gasteiger partial charge < -0.3 is 15.3 Å². The lowest BCUT2D eigenvalue weighted by molar-refractivity contribution is -0.137. The minimum atomic E-state index is -3.28. The normalized spacial score (nSPS) is 12.0. The van der Waals surface area contributed by atoms with Crippen LogP contribution in [-0.4, -0.2) is 61.6 Å². The molecule has 0 saturated heterocycles. The zero-order chi connectivity index (χ0) is 14.6. The summed E-state index contributed by atoms with van der Waals surface area (Å²) in [7, 11) is -1.83. The molecule has 0 heterocycles. The van der Waals surface area contributed by atoms with Gasteiger partial charge in [-0.3, -0.25) is 4.79 Å². The summed E-state index contributed by atoms with van der Waals surface area (Å²) in [5, 5.41) is 10.9. The number of carbonyl (C=O) groups is 2. The van der Waals surface area contributed by atoms with Crippen molar-refractivity contribution in [2.24, 2.45) is 0 Å². The smallest absolute Gasteiger partial charge is 0.317 e. The molecule has 0 aliphatic heterocycles. The molecule has 0 aliphatic carbocycles. The number of aliphatic carboxylic acids is 1. The molecule has 0 radical (unpaired) electrons. The Balaban J connectivity index is 4.30. The lowest BCUT2D eigenvalue weighted by Gasteiger charge is -2.25. The molecule has 0 aromatic heterocycles. The number of hydrogen-bond donors (Lipinski definition) is 2. The van der Waals surface area contributed by atoms with Gasteiger partial charge in [0, 0.05) is 26.4 Å². The van der Waals surface area contributed by atoms with Gasteiger partial charge in [-0.05, 0) is 13.8 Å². The second kappa shape index (κ2) is 6.03. The van der Waals surface area contributed by atoms with E-state index in [1.54, 1.807) is 0 Å². The monoisotopic (exact) mass is 280 g/mol. The first-order valence-electron chi connectivity index (χ1n) is 5.38. The Labute approximate surface area is 107 Å². The van der Waals surface area contributed by atoms with E-state index in [2.05, 4.69) is 5.32 Å². The molecule has 0 unspecified atom stereocenters. The van der Waals surface area contributed by atoms with Crippen LogP contribution < -0.4 is 5.32 Å². The van der Waals surface area contributed by atoms with Crippen molar-refractivity contribution in [1.82, 2.24) is 10.2 Å². The Hall–Kier alpha value is -1.31. The first-order chi connectivity index (χ1) is 7.97. The Morgan fingerprint density at radius 2 is 1.83 bits per heavy atom. The summed E-state index contributed by atoms with van der Waals surface area (Å²) in [6.45, 7) is 3.07. The van der Waals surface area contributed by atoms with Crippen molar-refractivity contribution >= 4 is 21.8 Å². The number of nitrogens with zero attached hydrogens (tertiary/aromatic N) is 1. The Morgan fingerprint density at radius 3 is 2.22 bits per heavy atom. The molecule has 8 heteroatoms. The van der Waals surface area contributed by atoms with Crippen LogP contribution in [0.1, 0.15) is 20.3 Å². The molecule has 2 N–H and O–H groups in total. The van der Waals surface area contributed by atoms with Crippen LogP contribution in [0.3, 0.4) is 0 Å². The topological polar surface area (TPSA) is 104 Å². The zero-order valence-corrected chi connectivity index (χ0v) is 11.9. The van der Waals surface area contributed by atoms with Crippen molar-refractivity contribution in [1.29, 1.82) is 0 Å². The number of urea groups is 1. The molecule has 106 valence electrons. The highest BCUT2D eigenvalue weighted by Gasteiger charge is 2.30. The Morgan fingerprint density at radius 1 is 1.33 bits per heavy atom. The highest BCUT2D eigenvalue weighted by Crippen LogP contribution is 2.13. The third-order valence-corrected chi connectivity index (χ3v) is 4.83. The van der Waals surface area contributed by atoms with Gasteiger partial charge in [-0.15, -0.1) is 0 Å². The van der Waals surface area contributed by atoms with Crippen molar-refractivity contribution in [3.63, 3.8) is 0 Å². The standard InChI is InChI=1S/C10H20N2O5S/c1-10(2,18(4,16)17)7-11-9(15)12(3)6-5-8(13)14/h5-7H2,1-4H3,(H,11,15)(H,13,14). The number of rotatable bonds is 6. The number of carboxylic acids is 1. The van der Waals surface area contributed by atoms with Crippen molar-refractivity contribution in [2.75, 3.05) is 26.4 Å². The second-order valence-electron chi connectivity index (χ2n) is 4.76. The van der Waals surface area contributed by atoms with E-state index in [9.17, 15) is 18.0 Å². The zero-order valence-electron chi connectivity index (χ0n) is 11.1. The molecule has 0 spiro atoms. The lowest BCUT2D eigenvalue weighted by Crippen LogP contribution is -2.47. The maximum atomic E-state index is 11.6. The molecule has 18 heavy (non-hydrogen) atoms. The minimum Gasteiger partial charge on any atom is -0.481 e. The van der Waals surface area contributed by atoms with E-state index in [-0.39, 0.29) is 19.5 Å². The van der Waals surface area contributed by atoms with Gasteiger partial charge in [-0.2, -0.15) is 0 Å². The van der Waals surface area contributed by atoms with Gasteiger partial charge in [0.2, 0.25) is 0 Å². The van der Waals surface area contributed by atoms with Gasteiger partial charge in [0.05, 0.1) is 11.2 Å². The lowest BCUT2D eigenvalue weighted by atomic mass is 10.2. The molecule has 0 bridgehead atoms. The molecule has 0 aromatic rings. The summed E-state index contributed by atoms with van der Waals surface area (Å²) in [6.07, 6.45) is 0.951. The number of sulfone groups is 1. The van der Waals surface area contributed by atoms with E-state index in [0.29, 0.717) is 0 Å². The number of carbonyl (C=O) groups excluding carboxylic acids is 1. The summed E-state index contributed by atoms with van der Waals surface area (Å²) in [5.41, 5.74) is 0. The van der Waals surface area contributed by atoms with E-state index < -0.39 is 26.6 Å². The third kappa shape index (κ3) is 5.35. The van der Waals surface area contributed by atoms with Crippen LogP contribution in [0.5, 0.6) is 0 Å². The predicted molar refractivity (Wildman–Crippen MR) is 67.2 cm³/mol. The minimum absolute atomic E-state index is 0.0257. The van der Waals surface area contributed by atoms with Gasteiger partial charge in [-0.1, -0.05) is 0 Å². The van der Waals surface area contributed by atoms with E-state index in [1.807, 2.05) is 0 Å². The fourth-order valence-corrected chi connectivity index (χ4v) is 1.25. The number of nitrogens with one attached hydrogen (secondary N) is 1.